The van der Waals surface area contributed by atoms with Crippen LogP contribution in [0, 0.1) is 0 Å². The van der Waals surface area contributed by atoms with Crippen molar-refractivity contribution < 1.29 is 4.79 Å². The minimum Gasteiger partial charge on any atom is -0.399 e. The van der Waals surface area contributed by atoms with Gasteiger partial charge >= 0.3 is 0 Å². The van der Waals surface area contributed by atoms with Gasteiger partial charge in [0, 0.05) is 38.3 Å². The average Bonchev–Trinajstić information content (AvgIpc) is 3.16. The van der Waals surface area contributed by atoms with Gasteiger partial charge in [-0.1, -0.05) is 18.2 Å². The highest BCUT2D eigenvalue weighted by atomic mass is 32.1. The van der Waals surface area contributed by atoms with Gasteiger partial charge in [-0.15, -0.1) is 11.3 Å². The second-order valence-electron chi connectivity index (χ2n) is 6.40. The minimum atomic E-state index is 0.191. The Morgan fingerprint density at radius 2 is 1.92 bits per heavy atom. The summed E-state index contributed by atoms with van der Waals surface area (Å²) in [5.74, 6) is 1.16. The molecule has 0 radical (unpaired) electrons. The Morgan fingerprint density at radius 3 is 2.73 bits per heavy atom. The summed E-state index contributed by atoms with van der Waals surface area (Å²) >= 11 is 1.62. The Morgan fingerprint density at radius 1 is 1.12 bits per heavy atom. The molecule has 4 rings (SSSR count). The number of fused-ring (bicyclic) bond motifs is 1. The lowest BCUT2D eigenvalue weighted by Crippen LogP contribution is -2.49. The highest BCUT2D eigenvalue weighted by molar-refractivity contribution is 7.16. The van der Waals surface area contributed by atoms with Crippen LogP contribution in [0.15, 0.2) is 42.0 Å². The van der Waals surface area contributed by atoms with Crippen LogP contribution in [0.4, 0.5) is 11.5 Å². The standard InChI is InChI=1S/C19H21N5OS/c20-16-4-2-1-3-14(16)5-6-17(25)23-8-10-24(11-9-23)18-15-7-12-26-19(15)22-13-21-18/h1-4,7,12-13H,5-6,8-11,20H2. The first kappa shape index (κ1) is 16.8. The average molecular weight is 367 g/mol. The number of amides is 1. The van der Waals surface area contributed by atoms with Gasteiger partial charge in [0.05, 0.1) is 5.39 Å². The number of nitrogens with zero attached hydrogens (tertiary/aromatic N) is 4. The first-order chi connectivity index (χ1) is 12.7. The van der Waals surface area contributed by atoms with Crippen LogP contribution in [0.5, 0.6) is 0 Å². The highest BCUT2D eigenvalue weighted by Gasteiger charge is 2.23. The zero-order valence-electron chi connectivity index (χ0n) is 14.5. The summed E-state index contributed by atoms with van der Waals surface area (Å²) < 4.78 is 0. The second kappa shape index (κ2) is 7.29. The number of aromatic nitrogens is 2. The number of anilines is 2. The summed E-state index contributed by atoms with van der Waals surface area (Å²) in [4.78, 5) is 26.5. The molecule has 2 N–H and O–H groups in total. The molecule has 0 bridgehead atoms. The van der Waals surface area contributed by atoms with Crippen LogP contribution >= 0.6 is 11.3 Å². The van der Waals surface area contributed by atoms with E-state index >= 15 is 0 Å². The molecule has 7 heteroatoms. The molecule has 0 aliphatic carbocycles. The van der Waals surface area contributed by atoms with Crippen molar-refractivity contribution in [1.82, 2.24) is 14.9 Å². The molecule has 0 unspecified atom stereocenters. The molecule has 2 aromatic heterocycles. The number of thiophene rings is 1. The van der Waals surface area contributed by atoms with Crippen molar-refractivity contribution in [2.45, 2.75) is 12.8 Å². The van der Waals surface area contributed by atoms with Crippen LogP contribution in [0.2, 0.25) is 0 Å². The van der Waals surface area contributed by atoms with Crippen molar-refractivity contribution in [1.29, 1.82) is 0 Å². The fourth-order valence-corrected chi connectivity index (χ4v) is 4.09. The van der Waals surface area contributed by atoms with Crippen molar-refractivity contribution in [3.63, 3.8) is 0 Å². The Hall–Kier alpha value is -2.67. The monoisotopic (exact) mass is 367 g/mol. The predicted octanol–water partition coefficient (Wildman–Crippen LogP) is 2.55. The lowest BCUT2D eigenvalue weighted by molar-refractivity contribution is -0.131. The van der Waals surface area contributed by atoms with Crippen molar-refractivity contribution >= 4 is 39.0 Å². The number of nitrogen functional groups attached to an aromatic ring is 1. The number of rotatable bonds is 4. The number of nitrogens with two attached hydrogens (primary N) is 1. The minimum absolute atomic E-state index is 0.191. The van der Waals surface area contributed by atoms with Crippen molar-refractivity contribution in [2.75, 3.05) is 36.8 Å². The summed E-state index contributed by atoms with van der Waals surface area (Å²) in [6.07, 6.45) is 2.81. The van der Waals surface area contributed by atoms with E-state index in [1.165, 1.54) is 0 Å². The number of hydrogen-bond acceptors (Lipinski definition) is 6. The molecule has 3 aromatic rings. The molecule has 1 saturated heterocycles. The van der Waals surface area contributed by atoms with Crippen molar-refractivity contribution in [3.8, 4) is 0 Å². The maximum absolute atomic E-state index is 12.5. The Bertz CT molecular complexity index is 917. The van der Waals surface area contributed by atoms with Crippen molar-refractivity contribution in [2.24, 2.45) is 0 Å². The second-order valence-corrected chi connectivity index (χ2v) is 7.30. The molecule has 1 aliphatic rings. The Labute approximate surface area is 156 Å². The number of carbonyl (C=O) groups excluding carboxylic acids is 1. The Balaban J connectivity index is 1.35. The summed E-state index contributed by atoms with van der Waals surface area (Å²) in [6, 6.07) is 9.81. The molecule has 3 heterocycles. The van der Waals surface area contributed by atoms with Crippen LogP contribution in [-0.4, -0.2) is 47.0 Å². The van der Waals surface area contributed by atoms with E-state index in [1.807, 2.05) is 34.5 Å². The topological polar surface area (TPSA) is 75.4 Å². The van der Waals surface area contributed by atoms with Gasteiger partial charge in [-0.05, 0) is 29.5 Å². The number of piperazine rings is 1. The molecule has 0 saturated carbocycles. The molecule has 0 atom stereocenters. The number of aryl methyl sites for hydroxylation is 1. The summed E-state index contributed by atoms with van der Waals surface area (Å²) in [6.45, 7) is 3.03. The van der Waals surface area contributed by atoms with Gasteiger partial charge in [-0.2, -0.15) is 0 Å². The molecule has 1 aliphatic heterocycles. The third-order valence-electron chi connectivity index (χ3n) is 4.84. The quantitative estimate of drug-likeness (QED) is 0.717. The van der Waals surface area contributed by atoms with Gasteiger partial charge in [0.2, 0.25) is 5.91 Å². The smallest absolute Gasteiger partial charge is 0.223 e. The third kappa shape index (κ3) is 3.35. The number of benzene rings is 1. The van der Waals surface area contributed by atoms with E-state index in [0.717, 1.165) is 53.5 Å². The van der Waals surface area contributed by atoms with Crippen LogP contribution in [0.25, 0.3) is 10.2 Å². The molecule has 1 amide bonds. The molecule has 6 nitrogen and oxygen atoms in total. The zero-order chi connectivity index (χ0) is 17.9. The summed E-state index contributed by atoms with van der Waals surface area (Å²) in [5, 5.41) is 3.13. The van der Waals surface area contributed by atoms with E-state index < -0.39 is 0 Å². The lowest BCUT2D eigenvalue weighted by Gasteiger charge is -2.35. The van der Waals surface area contributed by atoms with E-state index in [9.17, 15) is 4.79 Å². The van der Waals surface area contributed by atoms with Gasteiger partial charge in [0.25, 0.3) is 0 Å². The van der Waals surface area contributed by atoms with Gasteiger partial charge in [-0.3, -0.25) is 4.79 Å². The first-order valence-electron chi connectivity index (χ1n) is 8.76. The van der Waals surface area contributed by atoms with E-state index in [1.54, 1.807) is 17.7 Å². The molecular weight excluding hydrogens is 346 g/mol. The molecule has 134 valence electrons. The predicted molar refractivity (Wildman–Crippen MR) is 105 cm³/mol. The van der Waals surface area contributed by atoms with Crippen molar-refractivity contribution in [3.05, 3.63) is 47.6 Å². The fourth-order valence-electron chi connectivity index (χ4n) is 3.36. The molecule has 1 aromatic carbocycles. The third-order valence-corrected chi connectivity index (χ3v) is 5.66. The van der Waals surface area contributed by atoms with E-state index in [4.69, 9.17) is 5.73 Å². The molecular formula is C19H21N5OS. The first-order valence-corrected chi connectivity index (χ1v) is 9.64. The SMILES string of the molecule is Nc1ccccc1CCC(=O)N1CCN(c2ncnc3sccc23)CC1. The highest BCUT2D eigenvalue weighted by Crippen LogP contribution is 2.27. The maximum Gasteiger partial charge on any atom is 0.223 e. The zero-order valence-corrected chi connectivity index (χ0v) is 15.3. The van der Waals surface area contributed by atoms with Gasteiger partial charge in [0.15, 0.2) is 0 Å². The normalized spacial score (nSPS) is 14.8. The largest absolute Gasteiger partial charge is 0.399 e. The maximum atomic E-state index is 12.5. The van der Waals surface area contributed by atoms with E-state index in [2.05, 4.69) is 20.9 Å². The number of hydrogen-bond donors (Lipinski definition) is 1. The van der Waals surface area contributed by atoms with Crippen LogP contribution in [0.3, 0.4) is 0 Å². The van der Waals surface area contributed by atoms with Crippen LogP contribution in [-0.2, 0) is 11.2 Å². The van der Waals surface area contributed by atoms with Gasteiger partial charge < -0.3 is 15.5 Å². The summed E-state index contributed by atoms with van der Waals surface area (Å²) in [7, 11) is 0. The van der Waals surface area contributed by atoms with Crippen LogP contribution in [0.1, 0.15) is 12.0 Å². The molecule has 26 heavy (non-hydrogen) atoms. The lowest BCUT2D eigenvalue weighted by atomic mass is 10.1. The molecule has 1 fully saturated rings. The van der Waals surface area contributed by atoms with E-state index in [0.29, 0.717) is 12.8 Å². The van der Waals surface area contributed by atoms with Gasteiger partial charge in [-0.25, -0.2) is 9.97 Å². The molecule has 0 spiro atoms. The van der Waals surface area contributed by atoms with E-state index in [-0.39, 0.29) is 5.91 Å². The fraction of sp³-hybridized carbons (Fsp3) is 0.316. The number of carbonyl (C=O) groups is 1. The number of para-hydroxylation sites is 1. The summed E-state index contributed by atoms with van der Waals surface area (Å²) in [5.41, 5.74) is 7.76. The van der Waals surface area contributed by atoms with Crippen LogP contribution < -0.4 is 10.6 Å². The van der Waals surface area contributed by atoms with Gasteiger partial charge in [0.1, 0.15) is 17.0 Å². The Kier molecular flexibility index (Phi) is 4.71.